The number of benzene rings is 1. The van der Waals surface area contributed by atoms with Gasteiger partial charge in [-0.05, 0) is 57.4 Å². The first-order valence-electron chi connectivity index (χ1n) is 8.41. The van der Waals surface area contributed by atoms with Crippen LogP contribution < -0.4 is 10.1 Å². The summed E-state index contributed by atoms with van der Waals surface area (Å²) in [6.45, 7) is 7.50. The van der Waals surface area contributed by atoms with E-state index in [9.17, 15) is 13.2 Å². The summed E-state index contributed by atoms with van der Waals surface area (Å²) >= 11 is 0. The predicted octanol–water partition coefficient (Wildman–Crippen LogP) is 1.93. The minimum absolute atomic E-state index is 0.0199. The van der Waals surface area contributed by atoms with E-state index < -0.39 is 10.0 Å². The second-order valence-electron chi connectivity index (χ2n) is 5.93. The number of carbonyl (C=O) groups excluding carboxylic acids is 1. The van der Waals surface area contributed by atoms with Crippen LogP contribution in [0.5, 0.6) is 5.75 Å². The highest BCUT2D eigenvalue weighted by Gasteiger charge is 2.32. The Morgan fingerprint density at radius 1 is 1.29 bits per heavy atom. The molecule has 0 aromatic heterocycles. The molecule has 1 aliphatic heterocycles. The van der Waals surface area contributed by atoms with Crippen molar-refractivity contribution in [2.75, 3.05) is 26.2 Å². The van der Waals surface area contributed by atoms with Gasteiger partial charge >= 0.3 is 0 Å². The summed E-state index contributed by atoms with van der Waals surface area (Å²) in [7, 11) is -3.53. The molecule has 1 N–H and O–H groups in total. The topological polar surface area (TPSA) is 75.7 Å². The van der Waals surface area contributed by atoms with Crippen molar-refractivity contribution >= 4 is 15.9 Å². The van der Waals surface area contributed by atoms with Gasteiger partial charge in [0.2, 0.25) is 15.9 Å². The van der Waals surface area contributed by atoms with Crippen molar-refractivity contribution < 1.29 is 17.9 Å². The van der Waals surface area contributed by atoms with Crippen molar-refractivity contribution in [3.05, 3.63) is 23.8 Å². The summed E-state index contributed by atoms with van der Waals surface area (Å²) in [4.78, 5) is 12.2. The summed E-state index contributed by atoms with van der Waals surface area (Å²) in [5.41, 5.74) is 0.801. The summed E-state index contributed by atoms with van der Waals surface area (Å²) in [6, 6.07) is 4.94. The van der Waals surface area contributed by atoms with Crippen LogP contribution in [0, 0.1) is 12.8 Å². The molecule has 1 aliphatic rings. The lowest BCUT2D eigenvalue weighted by Gasteiger charge is -2.30. The third kappa shape index (κ3) is 4.08. The number of nitrogens with zero attached hydrogens (tertiary/aromatic N) is 1. The second-order valence-corrected chi connectivity index (χ2v) is 7.87. The fourth-order valence-electron chi connectivity index (χ4n) is 2.93. The predicted molar refractivity (Wildman–Crippen MR) is 92.5 cm³/mol. The van der Waals surface area contributed by atoms with Gasteiger partial charge in [0.1, 0.15) is 5.75 Å². The van der Waals surface area contributed by atoms with E-state index in [1.54, 1.807) is 18.2 Å². The Hall–Kier alpha value is -1.60. The molecule has 1 aromatic rings. The first kappa shape index (κ1) is 18.7. The number of carbonyl (C=O) groups is 1. The van der Waals surface area contributed by atoms with Gasteiger partial charge in [-0.25, -0.2) is 8.42 Å². The normalized spacial score (nSPS) is 16.8. The van der Waals surface area contributed by atoms with E-state index >= 15 is 0 Å². The third-order valence-corrected chi connectivity index (χ3v) is 6.15. The standard InChI is InChI=1S/C17H26N2O4S/c1-4-18-17(20)14-8-10-19(11-9-14)24(21,22)15-6-7-16(23-5-2)13(3)12-15/h6-7,12,14H,4-5,8-11H2,1-3H3,(H,18,20). The molecule has 134 valence electrons. The highest BCUT2D eigenvalue weighted by atomic mass is 32.2. The van der Waals surface area contributed by atoms with E-state index in [0.29, 0.717) is 44.8 Å². The highest BCUT2D eigenvalue weighted by Crippen LogP contribution is 2.27. The maximum Gasteiger partial charge on any atom is 0.243 e. The number of amides is 1. The second kappa shape index (κ2) is 7.98. The Labute approximate surface area is 144 Å². The van der Waals surface area contributed by atoms with E-state index in [0.717, 1.165) is 5.56 Å². The number of piperidine rings is 1. The van der Waals surface area contributed by atoms with E-state index in [2.05, 4.69) is 5.32 Å². The lowest BCUT2D eigenvalue weighted by Crippen LogP contribution is -2.42. The molecular formula is C17H26N2O4S. The average molecular weight is 354 g/mol. The minimum Gasteiger partial charge on any atom is -0.494 e. The summed E-state index contributed by atoms with van der Waals surface area (Å²) in [5.74, 6) is 0.622. The molecule has 0 spiro atoms. The number of aryl methyl sites for hydroxylation is 1. The number of hydrogen-bond acceptors (Lipinski definition) is 4. The zero-order valence-corrected chi connectivity index (χ0v) is 15.4. The first-order chi connectivity index (χ1) is 11.4. The Morgan fingerprint density at radius 2 is 1.96 bits per heavy atom. The Bertz CT molecular complexity index is 680. The third-order valence-electron chi connectivity index (χ3n) is 4.26. The number of rotatable bonds is 6. The number of sulfonamides is 1. The maximum absolute atomic E-state index is 12.8. The average Bonchev–Trinajstić information content (AvgIpc) is 2.57. The van der Waals surface area contributed by atoms with Crippen LogP contribution in [-0.2, 0) is 14.8 Å². The van der Waals surface area contributed by atoms with Gasteiger partial charge in [0, 0.05) is 25.6 Å². The van der Waals surface area contributed by atoms with Crippen LogP contribution in [0.15, 0.2) is 23.1 Å². The molecular weight excluding hydrogens is 328 g/mol. The van der Waals surface area contributed by atoms with Crippen LogP contribution in [0.4, 0.5) is 0 Å². The van der Waals surface area contributed by atoms with E-state index in [-0.39, 0.29) is 16.7 Å². The molecule has 0 bridgehead atoms. The zero-order valence-electron chi connectivity index (χ0n) is 14.5. The van der Waals surface area contributed by atoms with Crippen molar-refractivity contribution in [3.63, 3.8) is 0 Å². The first-order valence-corrected chi connectivity index (χ1v) is 9.85. The van der Waals surface area contributed by atoms with Crippen LogP contribution in [0.3, 0.4) is 0 Å². The lowest BCUT2D eigenvalue weighted by atomic mass is 9.97. The Morgan fingerprint density at radius 3 is 2.50 bits per heavy atom. The molecule has 2 rings (SSSR count). The van der Waals surface area contributed by atoms with Crippen LogP contribution in [0.25, 0.3) is 0 Å². The molecule has 0 saturated carbocycles. The SMILES string of the molecule is CCNC(=O)C1CCN(S(=O)(=O)c2ccc(OCC)c(C)c2)CC1. The van der Waals surface area contributed by atoms with Gasteiger partial charge in [-0.3, -0.25) is 4.79 Å². The summed E-state index contributed by atoms with van der Waals surface area (Å²) in [5, 5.41) is 2.81. The quantitative estimate of drug-likeness (QED) is 0.847. The lowest BCUT2D eigenvalue weighted by molar-refractivity contribution is -0.126. The van der Waals surface area contributed by atoms with Crippen LogP contribution in [0.2, 0.25) is 0 Å². The summed E-state index contributed by atoms with van der Waals surface area (Å²) in [6.07, 6.45) is 1.11. The minimum atomic E-state index is -3.53. The molecule has 0 radical (unpaired) electrons. The molecule has 1 amide bonds. The molecule has 1 aromatic carbocycles. The van der Waals surface area contributed by atoms with Crippen molar-refractivity contribution in [1.82, 2.24) is 9.62 Å². The van der Waals surface area contributed by atoms with Gasteiger partial charge in [0.05, 0.1) is 11.5 Å². The van der Waals surface area contributed by atoms with Crippen molar-refractivity contribution in [3.8, 4) is 5.75 Å². The van der Waals surface area contributed by atoms with Crippen molar-refractivity contribution in [2.24, 2.45) is 5.92 Å². The van der Waals surface area contributed by atoms with Gasteiger partial charge in [-0.2, -0.15) is 4.31 Å². The molecule has 1 heterocycles. The molecule has 7 heteroatoms. The summed E-state index contributed by atoms with van der Waals surface area (Å²) < 4.78 is 32.5. The molecule has 1 fully saturated rings. The van der Waals surface area contributed by atoms with E-state index in [1.165, 1.54) is 4.31 Å². The molecule has 0 unspecified atom stereocenters. The molecule has 24 heavy (non-hydrogen) atoms. The van der Waals surface area contributed by atoms with Crippen molar-refractivity contribution in [2.45, 2.75) is 38.5 Å². The number of hydrogen-bond donors (Lipinski definition) is 1. The highest BCUT2D eigenvalue weighted by molar-refractivity contribution is 7.89. The Balaban J connectivity index is 2.09. The van der Waals surface area contributed by atoms with Crippen LogP contribution in [-0.4, -0.2) is 44.9 Å². The largest absolute Gasteiger partial charge is 0.494 e. The molecule has 1 saturated heterocycles. The molecule has 6 nitrogen and oxygen atoms in total. The maximum atomic E-state index is 12.8. The van der Waals surface area contributed by atoms with Crippen molar-refractivity contribution in [1.29, 1.82) is 0 Å². The monoisotopic (exact) mass is 354 g/mol. The van der Waals surface area contributed by atoms with Gasteiger partial charge < -0.3 is 10.1 Å². The number of nitrogens with one attached hydrogen (secondary N) is 1. The molecule has 0 aliphatic carbocycles. The van der Waals surface area contributed by atoms with Gasteiger partial charge in [-0.1, -0.05) is 0 Å². The fourth-order valence-corrected chi connectivity index (χ4v) is 4.48. The van der Waals surface area contributed by atoms with E-state index in [4.69, 9.17) is 4.74 Å². The van der Waals surface area contributed by atoms with Crippen LogP contribution in [0.1, 0.15) is 32.3 Å². The van der Waals surface area contributed by atoms with E-state index in [1.807, 2.05) is 20.8 Å². The Kier molecular flexibility index (Phi) is 6.23. The number of ether oxygens (including phenoxy) is 1. The molecule has 0 atom stereocenters. The van der Waals surface area contributed by atoms with Gasteiger partial charge in [0.15, 0.2) is 0 Å². The van der Waals surface area contributed by atoms with Crippen LogP contribution >= 0.6 is 0 Å². The smallest absolute Gasteiger partial charge is 0.243 e. The zero-order chi connectivity index (χ0) is 17.7. The fraction of sp³-hybridized carbons (Fsp3) is 0.588. The van der Waals surface area contributed by atoms with Gasteiger partial charge in [-0.15, -0.1) is 0 Å². The van der Waals surface area contributed by atoms with Gasteiger partial charge in [0.25, 0.3) is 0 Å².